The molecule has 0 radical (unpaired) electrons. The molecule has 3 saturated carbocycles. The zero-order valence-corrected chi connectivity index (χ0v) is 30.3. The average molecular weight is 663 g/mol. The van der Waals surface area contributed by atoms with Crippen LogP contribution >= 0.6 is 0 Å². The Hall–Kier alpha value is -1.19. The number of ether oxygens (including phenoxy) is 7. The highest BCUT2D eigenvalue weighted by Gasteiger charge is 2.59. The first kappa shape index (κ1) is 37.1. The second-order valence-corrected chi connectivity index (χ2v) is 16.2. The largest absolute Gasteiger partial charge is 0.508 e. The first-order valence-corrected chi connectivity index (χ1v) is 19.2. The normalized spacial score (nSPS) is 38.1. The molecule has 4 fully saturated rings. The van der Waals surface area contributed by atoms with Crippen molar-refractivity contribution in [1.82, 2.24) is 0 Å². The third-order valence-electron chi connectivity index (χ3n) is 12.9. The third kappa shape index (κ3) is 9.53. The molecular weight excluding hydrogens is 596 g/mol. The quantitative estimate of drug-likeness (QED) is 0.191. The lowest BCUT2D eigenvalue weighted by atomic mass is 9.47. The summed E-state index contributed by atoms with van der Waals surface area (Å²) < 4.78 is 39.6. The van der Waals surface area contributed by atoms with E-state index in [4.69, 9.17) is 33.2 Å². The number of hydrogen-bond acceptors (Lipinski definition) is 8. The van der Waals surface area contributed by atoms with Crippen molar-refractivity contribution in [3.63, 3.8) is 0 Å². The van der Waals surface area contributed by atoms with Crippen molar-refractivity contribution < 1.29 is 38.0 Å². The topological polar surface area (TPSA) is 81.7 Å². The lowest BCUT2D eigenvalue weighted by molar-refractivity contribution is -0.0812. The number of allylic oxidation sites excluding steroid dienone is 1. The van der Waals surface area contributed by atoms with Gasteiger partial charge in [-0.05, 0) is 91.3 Å². The zero-order valence-electron chi connectivity index (χ0n) is 30.3. The average Bonchev–Trinajstić information content (AvgIpc) is 3.39. The van der Waals surface area contributed by atoms with E-state index in [0.29, 0.717) is 64.9 Å². The van der Waals surface area contributed by atoms with Gasteiger partial charge in [0.1, 0.15) is 18.8 Å². The van der Waals surface area contributed by atoms with Crippen molar-refractivity contribution in [2.75, 3.05) is 66.1 Å². The molecule has 0 aromatic heterocycles. The van der Waals surface area contributed by atoms with Crippen molar-refractivity contribution >= 4 is 6.16 Å². The van der Waals surface area contributed by atoms with Crippen LogP contribution in [-0.2, 0) is 33.2 Å². The molecule has 8 nitrogen and oxygen atoms in total. The van der Waals surface area contributed by atoms with Crippen LogP contribution in [0, 0.1) is 46.3 Å². The summed E-state index contributed by atoms with van der Waals surface area (Å²) in [6.45, 7) is 16.7. The molecule has 270 valence electrons. The van der Waals surface area contributed by atoms with E-state index < -0.39 is 12.3 Å². The number of fused-ring (bicyclic) bond motifs is 5. The van der Waals surface area contributed by atoms with Gasteiger partial charge in [0.2, 0.25) is 0 Å². The highest BCUT2D eigenvalue weighted by atomic mass is 16.7. The van der Waals surface area contributed by atoms with Gasteiger partial charge in [0.05, 0.1) is 59.5 Å². The Kier molecular flexibility index (Phi) is 13.9. The van der Waals surface area contributed by atoms with Gasteiger partial charge < -0.3 is 33.2 Å². The molecule has 9 atom stereocenters. The number of carbonyl (C=O) groups excluding carboxylic acids is 1. The van der Waals surface area contributed by atoms with Gasteiger partial charge in [0.25, 0.3) is 0 Å². The van der Waals surface area contributed by atoms with Gasteiger partial charge in [-0.3, -0.25) is 0 Å². The molecule has 0 N–H and O–H groups in total. The lowest BCUT2D eigenvalue weighted by Crippen LogP contribution is -2.51. The number of rotatable bonds is 8. The van der Waals surface area contributed by atoms with Crippen molar-refractivity contribution in [2.45, 2.75) is 117 Å². The van der Waals surface area contributed by atoms with Gasteiger partial charge in [-0.25, -0.2) is 4.79 Å². The van der Waals surface area contributed by atoms with Gasteiger partial charge in [0.15, 0.2) is 0 Å². The summed E-state index contributed by atoms with van der Waals surface area (Å²) in [6, 6.07) is 0. The smallest absolute Gasteiger partial charge is 0.431 e. The maximum absolute atomic E-state index is 12.8. The first-order valence-electron chi connectivity index (χ1n) is 19.2. The fourth-order valence-electron chi connectivity index (χ4n) is 10.4. The SMILES string of the molecule is CC(C)CCC[C@@H](C)[C@H]1CC[C@H]2[C@@H]3CC=C4C[C@@H](OC(=O)OCC5COCCOCCOCCOCCO5)CC[C@]4(C)[C@H]3CC[C@]12C. The van der Waals surface area contributed by atoms with Crippen LogP contribution in [0.1, 0.15) is 105 Å². The van der Waals surface area contributed by atoms with Gasteiger partial charge in [-0.1, -0.05) is 65.5 Å². The van der Waals surface area contributed by atoms with Crippen LogP contribution in [0.4, 0.5) is 4.79 Å². The summed E-state index contributed by atoms with van der Waals surface area (Å²) in [5.74, 6) is 4.94. The van der Waals surface area contributed by atoms with Crippen LogP contribution in [-0.4, -0.2) is 84.4 Å². The number of hydrogen-bond donors (Lipinski definition) is 0. The van der Waals surface area contributed by atoms with E-state index in [2.05, 4.69) is 40.7 Å². The van der Waals surface area contributed by atoms with E-state index in [-0.39, 0.29) is 18.1 Å². The zero-order chi connectivity index (χ0) is 33.3. The minimum Gasteiger partial charge on any atom is -0.431 e. The van der Waals surface area contributed by atoms with Crippen LogP contribution in [0.25, 0.3) is 0 Å². The van der Waals surface area contributed by atoms with Gasteiger partial charge in [-0.2, -0.15) is 0 Å². The molecule has 0 aromatic carbocycles. The molecule has 5 rings (SSSR count). The standard InChI is InChI=1S/C39H66O8/c1-28(2)7-6-8-29(3)34-11-12-35-33-10-9-30-25-31(13-15-38(30,4)36(33)14-16-39(34,35)5)47-37(40)46-27-32-26-44-22-21-42-18-17-41-19-20-43-23-24-45-32/h9,28-29,31-36H,6-8,10-27H2,1-5H3/t29-,31+,32?,33+,34-,35+,36+,38+,39-/m1/s1. The summed E-state index contributed by atoms with van der Waals surface area (Å²) in [6.07, 6.45) is 15.1. The second-order valence-electron chi connectivity index (χ2n) is 16.2. The van der Waals surface area contributed by atoms with Crippen molar-refractivity contribution in [3.8, 4) is 0 Å². The van der Waals surface area contributed by atoms with Crippen LogP contribution in [0.3, 0.4) is 0 Å². The molecule has 1 aliphatic heterocycles. The summed E-state index contributed by atoms with van der Waals surface area (Å²) in [5.41, 5.74) is 2.25. The predicted octanol–water partition coefficient (Wildman–Crippen LogP) is 8.01. The maximum Gasteiger partial charge on any atom is 0.508 e. The van der Waals surface area contributed by atoms with E-state index in [9.17, 15) is 4.79 Å². The molecule has 4 aliphatic carbocycles. The van der Waals surface area contributed by atoms with E-state index in [0.717, 1.165) is 54.8 Å². The molecule has 0 bridgehead atoms. The van der Waals surface area contributed by atoms with Crippen LogP contribution in [0.5, 0.6) is 0 Å². The van der Waals surface area contributed by atoms with E-state index in [1.54, 1.807) is 0 Å². The molecule has 0 aromatic rings. The molecule has 1 unspecified atom stereocenters. The Morgan fingerprint density at radius 2 is 1.55 bits per heavy atom. The minimum absolute atomic E-state index is 0.0805. The molecule has 0 spiro atoms. The van der Waals surface area contributed by atoms with Crippen LogP contribution < -0.4 is 0 Å². The monoisotopic (exact) mass is 662 g/mol. The molecule has 1 heterocycles. The Morgan fingerprint density at radius 3 is 2.28 bits per heavy atom. The fourth-order valence-corrected chi connectivity index (χ4v) is 10.4. The van der Waals surface area contributed by atoms with E-state index in [1.807, 2.05) is 0 Å². The highest BCUT2D eigenvalue weighted by molar-refractivity contribution is 5.60. The van der Waals surface area contributed by atoms with Crippen molar-refractivity contribution in [2.24, 2.45) is 46.3 Å². The molecule has 1 saturated heterocycles. The summed E-state index contributed by atoms with van der Waals surface area (Å²) in [7, 11) is 0. The molecule has 47 heavy (non-hydrogen) atoms. The highest BCUT2D eigenvalue weighted by Crippen LogP contribution is 2.67. The fraction of sp³-hybridized carbons (Fsp3) is 0.923. The van der Waals surface area contributed by atoms with E-state index in [1.165, 1.54) is 56.9 Å². The summed E-state index contributed by atoms with van der Waals surface area (Å²) in [5, 5.41) is 0. The van der Waals surface area contributed by atoms with Crippen LogP contribution in [0.15, 0.2) is 11.6 Å². The maximum atomic E-state index is 12.8. The Bertz CT molecular complexity index is 983. The Labute approximate surface area is 285 Å². The van der Waals surface area contributed by atoms with E-state index >= 15 is 0 Å². The van der Waals surface area contributed by atoms with Crippen molar-refractivity contribution in [1.29, 1.82) is 0 Å². The first-order chi connectivity index (χ1) is 22.7. The second kappa shape index (κ2) is 17.6. The van der Waals surface area contributed by atoms with Gasteiger partial charge >= 0.3 is 6.16 Å². The Balaban J connectivity index is 1.10. The molecule has 8 heteroatoms. The van der Waals surface area contributed by atoms with Gasteiger partial charge in [0, 0.05) is 6.42 Å². The van der Waals surface area contributed by atoms with Crippen LogP contribution in [0.2, 0.25) is 0 Å². The third-order valence-corrected chi connectivity index (χ3v) is 12.9. The molecule has 5 aliphatic rings. The van der Waals surface area contributed by atoms with Gasteiger partial charge in [-0.15, -0.1) is 0 Å². The Morgan fingerprint density at radius 1 is 0.851 bits per heavy atom. The summed E-state index contributed by atoms with van der Waals surface area (Å²) >= 11 is 0. The number of carbonyl (C=O) groups is 1. The lowest BCUT2D eigenvalue weighted by Gasteiger charge is -2.58. The minimum atomic E-state index is -0.614. The predicted molar refractivity (Wildman–Crippen MR) is 182 cm³/mol. The molecular formula is C39H66O8. The van der Waals surface area contributed by atoms with Crippen molar-refractivity contribution in [3.05, 3.63) is 11.6 Å². The summed E-state index contributed by atoms with van der Waals surface area (Å²) in [4.78, 5) is 12.8. The molecule has 0 amide bonds.